The summed E-state index contributed by atoms with van der Waals surface area (Å²) in [6, 6.07) is 17.2. The molecule has 0 spiro atoms. The Bertz CT molecular complexity index is 1490. The van der Waals surface area contributed by atoms with Crippen LogP contribution in [-0.2, 0) is 23.0 Å². The quantitative estimate of drug-likeness (QED) is 0.424. The summed E-state index contributed by atoms with van der Waals surface area (Å²) >= 11 is 6.25. The summed E-state index contributed by atoms with van der Waals surface area (Å²) in [5.41, 5.74) is 2.97. The van der Waals surface area contributed by atoms with Gasteiger partial charge in [0, 0.05) is 17.8 Å². The van der Waals surface area contributed by atoms with Crippen molar-refractivity contribution >= 4 is 33.2 Å². The van der Waals surface area contributed by atoms with E-state index in [1.165, 1.54) is 18.2 Å². The monoisotopic (exact) mass is 495 g/mol. The maximum absolute atomic E-state index is 13.2. The second-order valence-electron chi connectivity index (χ2n) is 8.14. The molecule has 1 amide bonds. The van der Waals surface area contributed by atoms with Crippen LogP contribution in [0.5, 0.6) is 0 Å². The number of nitrogens with zero attached hydrogens (tertiary/aromatic N) is 3. The lowest BCUT2D eigenvalue weighted by molar-refractivity contribution is 0.0949. The van der Waals surface area contributed by atoms with Crippen LogP contribution in [-0.4, -0.2) is 28.9 Å². The number of aromatic nitrogens is 3. The van der Waals surface area contributed by atoms with Gasteiger partial charge in [-0.3, -0.25) is 9.20 Å². The summed E-state index contributed by atoms with van der Waals surface area (Å²) in [5, 5.41) is 11.0. The topological polar surface area (TPSA) is 105 Å². The smallest absolute Gasteiger partial charge is 0.251 e. The highest BCUT2D eigenvalue weighted by Gasteiger charge is 2.27. The normalized spacial score (nSPS) is 15.7. The van der Waals surface area contributed by atoms with E-state index < -0.39 is 15.9 Å². The number of carbonyl (C=O) groups is 1. The summed E-state index contributed by atoms with van der Waals surface area (Å²) in [6.45, 7) is 0.131. The van der Waals surface area contributed by atoms with E-state index in [1.54, 1.807) is 10.6 Å². The Morgan fingerprint density at radius 3 is 2.79 bits per heavy atom. The van der Waals surface area contributed by atoms with Crippen molar-refractivity contribution in [3.8, 4) is 0 Å². The van der Waals surface area contributed by atoms with Gasteiger partial charge in [0.15, 0.2) is 11.5 Å². The number of nitrogens with one attached hydrogen (secondary N) is 2. The molecule has 2 aromatic heterocycles. The maximum atomic E-state index is 13.2. The largest absolute Gasteiger partial charge is 0.345 e. The molecule has 10 heteroatoms. The number of hydrogen-bond acceptors (Lipinski definition) is 5. The first-order valence-corrected chi connectivity index (χ1v) is 12.7. The first kappa shape index (κ1) is 22.5. The van der Waals surface area contributed by atoms with Crippen LogP contribution in [0.15, 0.2) is 71.8 Å². The fourth-order valence-electron chi connectivity index (χ4n) is 4.25. The highest BCUT2D eigenvalue weighted by Crippen LogP contribution is 2.32. The predicted octanol–water partition coefficient (Wildman–Crippen LogP) is 3.67. The van der Waals surface area contributed by atoms with Crippen molar-refractivity contribution < 1.29 is 13.2 Å². The number of benzene rings is 2. The van der Waals surface area contributed by atoms with Crippen molar-refractivity contribution in [1.82, 2.24) is 24.6 Å². The number of aryl methyl sites for hydroxylation is 1. The lowest BCUT2D eigenvalue weighted by Crippen LogP contribution is -2.31. The van der Waals surface area contributed by atoms with E-state index in [2.05, 4.69) is 20.2 Å². The molecule has 34 heavy (non-hydrogen) atoms. The van der Waals surface area contributed by atoms with Crippen LogP contribution in [0.25, 0.3) is 5.65 Å². The number of pyridine rings is 1. The average molecular weight is 496 g/mol. The number of amides is 1. The molecule has 4 aromatic rings. The van der Waals surface area contributed by atoms with E-state index in [-0.39, 0.29) is 28.1 Å². The molecule has 8 nitrogen and oxygen atoms in total. The molecule has 2 aromatic carbocycles. The highest BCUT2D eigenvalue weighted by atomic mass is 35.5. The fraction of sp³-hybridized carbons (Fsp3) is 0.208. The van der Waals surface area contributed by atoms with Gasteiger partial charge in [-0.15, -0.1) is 10.2 Å². The molecule has 1 unspecified atom stereocenters. The van der Waals surface area contributed by atoms with Gasteiger partial charge in [0.2, 0.25) is 10.0 Å². The molecule has 0 fully saturated rings. The van der Waals surface area contributed by atoms with Crippen molar-refractivity contribution in [3.05, 3.63) is 94.4 Å². The van der Waals surface area contributed by atoms with Gasteiger partial charge in [-0.05, 0) is 60.7 Å². The minimum Gasteiger partial charge on any atom is -0.345 e. The van der Waals surface area contributed by atoms with Gasteiger partial charge in [-0.2, -0.15) is 0 Å². The van der Waals surface area contributed by atoms with Gasteiger partial charge in [0.1, 0.15) is 4.90 Å². The van der Waals surface area contributed by atoms with Crippen molar-refractivity contribution in [2.45, 2.75) is 36.7 Å². The third kappa shape index (κ3) is 4.42. The Morgan fingerprint density at radius 2 is 1.91 bits per heavy atom. The van der Waals surface area contributed by atoms with Gasteiger partial charge >= 0.3 is 0 Å². The third-order valence-corrected chi connectivity index (χ3v) is 7.89. The lowest BCUT2D eigenvalue weighted by Gasteiger charge is -2.26. The zero-order valence-corrected chi connectivity index (χ0v) is 19.7. The van der Waals surface area contributed by atoms with Gasteiger partial charge in [0.25, 0.3) is 5.91 Å². The number of rotatable bonds is 6. The molecular weight excluding hydrogens is 474 g/mol. The zero-order chi connectivity index (χ0) is 23.7. The van der Waals surface area contributed by atoms with Crippen LogP contribution in [0.4, 0.5) is 0 Å². The molecule has 0 radical (unpaired) electrons. The third-order valence-electron chi connectivity index (χ3n) is 5.94. The summed E-state index contributed by atoms with van der Waals surface area (Å²) < 4.78 is 31.0. The van der Waals surface area contributed by atoms with Crippen molar-refractivity contribution in [2.24, 2.45) is 0 Å². The van der Waals surface area contributed by atoms with Gasteiger partial charge < -0.3 is 5.32 Å². The average Bonchev–Trinajstić information content (AvgIpc) is 3.26. The summed E-state index contributed by atoms with van der Waals surface area (Å²) in [4.78, 5) is 12.7. The SMILES string of the molecule is O=C(NCc1nnc2ccccn12)c1ccc(Cl)c(S(=O)(=O)NC2CCCc3ccccc32)c1. The molecule has 1 aliphatic rings. The number of fused-ring (bicyclic) bond motifs is 2. The standard InChI is InChI=1S/C24H22ClN5O3S/c25-19-12-11-17(24(31)26-15-23-28-27-22-10-3-4-13-30(22)23)14-21(19)34(32,33)29-20-9-5-7-16-6-1-2-8-18(16)20/h1-4,6,8,10-14,20,29H,5,7,9,15H2,(H,26,31). The van der Waals surface area contributed by atoms with Crippen LogP contribution in [0.3, 0.4) is 0 Å². The van der Waals surface area contributed by atoms with E-state index >= 15 is 0 Å². The van der Waals surface area contributed by atoms with E-state index in [9.17, 15) is 13.2 Å². The Hall–Kier alpha value is -3.27. The summed E-state index contributed by atoms with van der Waals surface area (Å²) in [6.07, 6.45) is 4.31. The Labute approximate surface area is 202 Å². The number of hydrogen-bond donors (Lipinski definition) is 2. The molecule has 0 aliphatic heterocycles. The molecule has 5 rings (SSSR count). The van der Waals surface area contributed by atoms with Crippen LogP contribution in [0.1, 0.15) is 46.2 Å². The summed E-state index contributed by atoms with van der Waals surface area (Å²) in [7, 11) is -3.96. The Morgan fingerprint density at radius 1 is 1.09 bits per heavy atom. The molecule has 1 aliphatic carbocycles. The van der Waals surface area contributed by atoms with Gasteiger partial charge in [-0.1, -0.05) is 41.9 Å². The van der Waals surface area contributed by atoms with Crippen LogP contribution >= 0.6 is 11.6 Å². The van der Waals surface area contributed by atoms with Gasteiger partial charge in [0.05, 0.1) is 11.6 Å². The van der Waals surface area contributed by atoms with Gasteiger partial charge in [-0.25, -0.2) is 13.1 Å². The van der Waals surface area contributed by atoms with E-state index in [1.807, 2.05) is 42.5 Å². The molecular formula is C24H22ClN5O3S. The van der Waals surface area contributed by atoms with Crippen molar-refractivity contribution in [1.29, 1.82) is 0 Å². The fourth-order valence-corrected chi connectivity index (χ4v) is 6.03. The van der Waals surface area contributed by atoms with Crippen LogP contribution in [0.2, 0.25) is 5.02 Å². The molecule has 0 bridgehead atoms. The Kier molecular flexibility index (Phi) is 6.07. The highest BCUT2D eigenvalue weighted by molar-refractivity contribution is 7.89. The minimum absolute atomic E-state index is 0.0524. The summed E-state index contributed by atoms with van der Waals surface area (Å²) in [5.74, 6) is 0.118. The number of halogens is 1. The zero-order valence-electron chi connectivity index (χ0n) is 18.1. The van der Waals surface area contributed by atoms with E-state index in [0.717, 1.165) is 24.0 Å². The maximum Gasteiger partial charge on any atom is 0.251 e. The molecule has 174 valence electrons. The second-order valence-corrected chi connectivity index (χ2v) is 10.2. The van der Waals surface area contributed by atoms with Crippen molar-refractivity contribution in [3.63, 3.8) is 0 Å². The lowest BCUT2D eigenvalue weighted by atomic mass is 9.88. The first-order valence-electron chi connectivity index (χ1n) is 10.9. The van der Waals surface area contributed by atoms with Crippen LogP contribution in [0, 0.1) is 0 Å². The minimum atomic E-state index is -3.96. The molecule has 1 atom stereocenters. The van der Waals surface area contributed by atoms with E-state index in [4.69, 9.17) is 11.6 Å². The molecule has 2 N–H and O–H groups in total. The molecule has 2 heterocycles. The Balaban J connectivity index is 1.35. The predicted molar refractivity (Wildman–Crippen MR) is 128 cm³/mol. The first-order chi connectivity index (χ1) is 16.4. The van der Waals surface area contributed by atoms with Crippen molar-refractivity contribution in [2.75, 3.05) is 0 Å². The number of carbonyl (C=O) groups excluding carboxylic acids is 1. The molecule has 0 saturated carbocycles. The molecule has 0 saturated heterocycles. The second kappa shape index (κ2) is 9.17. The van der Waals surface area contributed by atoms with E-state index in [0.29, 0.717) is 17.9 Å². The number of sulfonamides is 1. The van der Waals surface area contributed by atoms with Crippen LogP contribution < -0.4 is 10.0 Å².